The van der Waals surface area contributed by atoms with Crippen LogP contribution in [-0.4, -0.2) is 44.7 Å². The van der Waals surface area contributed by atoms with Crippen LogP contribution in [0.3, 0.4) is 0 Å². The van der Waals surface area contributed by atoms with Gasteiger partial charge in [0.1, 0.15) is 6.10 Å². The van der Waals surface area contributed by atoms with Crippen LogP contribution in [0.25, 0.3) is 0 Å². The maximum atomic E-state index is 10.2. The molecule has 2 atom stereocenters. The lowest BCUT2D eigenvalue weighted by atomic mass is 10.0. The summed E-state index contributed by atoms with van der Waals surface area (Å²) in [6.45, 7) is 6.37. The highest BCUT2D eigenvalue weighted by Crippen LogP contribution is 2.19. The molecule has 1 rings (SSSR count). The fourth-order valence-electron chi connectivity index (χ4n) is 1.80. The lowest BCUT2D eigenvalue weighted by Gasteiger charge is -2.20. The van der Waals surface area contributed by atoms with Crippen molar-refractivity contribution >= 4 is 0 Å². The van der Waals surface area contributed by atoms with Crippen molar-refractivity contribution in [2.45, 2.75) is 32.5 Å². The summed E-state index contributed by atoms with van der Waals surface area (Å²) in [6, 6.07) is 7.87. The topological polar surface area (TPSA) is 47.9 Å². The first-order valence-electron chi connectivity index (χ1n) is 7.08. The Morgan fingerprint density at radius 1 is 1.05 bits per heavy atom. The second-order valence-electron chi connectivity index (χ2n) is 4.89. The van der Waals surface area contributed by atoms with Gasteiger partial charge in [-0.15, -0.1) is 0 Å². The van der Waals surface area contributed by atoms with E-state index in [9.17, 15) is 5.11 Å². The van der Waals surface area contributed by atoms with Crippen LogP contribution < -0.4 is 0 Å². The van der Waals surface area contributed by atoms with E-state index in [2.05, 4.69) is 0 Å². The van der Waals surface area contributed by atoms with Crippen molar-refractivity contribution in [3.8, 4) is 0 Å². The number of hydrogen-bond donors (Lipinski definition) is 1. The maximum Gasteiger partial charge on any atom is 0.105 e. The summed E-state index contributed by atoms with van der Waals surface area (Å²) in [5, 5.41) is 10.2. The SMILES string of the molecule is COCCOCCCOC(C)C(O)c1ccc(C)cc1. The Kier molecular flexibility index (Phi) is 8.46. The quantitative estimate of drug-likeness (QED) is 0.670. The maximum absolute atomic E-state index is 10.2. The predicted molar refractivity (Wildman–Crippen MR) is 78.9 cm³/mol. The first-order valence-corrected chi connectivity index (χ1v) is 7.08. The summed E-state index contributed by atoms with van der Waals surface area (Å²) in [6.07, 6.45) is -0.00372. The number of rotatable bonds is 10. The van der Waals surface area contributed by atoms with Gasteiger partial charge in [0.15, 0.2) is 0 Å². The molecule has 0 aliphatic heterocycles. The van der Waals surface area contributed by atoms with E-state index in [1.165, 1.54) is 5.56 Å². The van der Waals surface area contributed by atoms with E-state index in [4.69, 9.17) is 14.2 Å². The number of aliphatic hydroxyl groups is 1. The Hall–Kier alpha value is -0.940. The van der Waals surface area contributed by atoms with Crippen LogP contribution in [0.1, 0.15) is 30.6 Å². The molecule has 0 spiro atoms. The van der Waals surface area contributed by atoms with Crippen molar-refractivity contribution in [2.75, 3.05) is 33.5 Å². The van der Waals surface area contributed by atoms with Gasteiger partial charge in [-0.1, -0.05) is 29.8 Å². The van der Waals surface area contributed by atoms with Gasteiger partial charge in [0.05, 0.1) is 19.3 Å². The Bertz CT molecular complexity index is 350. The number of hydrogen-bond acceptors (Lipinski definition) is 4. The first-order chi connectivity index (χ1) is 9.65. The van der Waals surface area contributed by atoms with E-state index in [-0.39, 0.29) is 6.10 Å². The second-order valence-corrected chi connectivity index (χ2v) is 4.89. The lowest BCUT2D eigenvalue weighted by Crippen LogP contribution is -2.20. The molecule has 20 heavy (non-hydrogen) atoms. The normalized spacial score (nSPS) is 14.2. The van der Waals surface area contributed by atoms with Gasteiger partial charge in [-0.25, -0.2) is 0 Å². The molecule has 114 valence electrons. The summed E-state index contributed by atoms with van der Waals surface area (Å²) in [5.41, 5.74) is 2.07. The zero-order chi connectivity index (χ0) is 14.8. The average molecular weight is 282 g/mol. The highest BCUT2D eigenvalue weighted by Gasteiger charge is 2.16. The number of aliphatic hydroxyl groups excluding tert-OH is 1. The van der Waals surface area contributed by atoms with Crippen molar-refractivity contribution in [2.24, 2.45) is 0 Å². The van der Waals surface area contributed by atoms with Gasteiger partial charge in [-0.3, -0.25) is 0 Å². The molecule has 0 bridgehead atoms. The molecule has 4 heteroatoms. The van der Waals surface area contributed by atoms with Gasteiger partial charge in [0.2, 0.25) is 0 Å². The van der Waals surface area contributed by atoms with Gasteiger partial charge >= 0.3 is 0 Å². The van der Waals surface area contributed by atoms with E-state index in [1.807, 2.05) is 38.1 Å². The van der Waals surface area contributed by atoms with Crippen LogP contribution >= 0.6 is 0 Å². The van der Waals surface area contributed by atoms with Crippen molar-refractivity contribution in [1.29, 1.82) is 0 Å². The molecule has 2 unspecified atom stereocenters. The number of benzene rings is 1. The Labute approximate surface area is 121 Å². The van der Waals surface area contributed by atoms with Gasteiger partial charge < -0.3 is 19.3 Å². The molecule has 0 amide bonds. The van der Waals surface area contributed by atoms with E-state index in [0.717, 1.165) is 12.0 Å². The number of aryl methyl sites for hydroxylation is 1. The van der Waals surface area contributed by atoms with E-state index in [0.29, 0.717) is 26.4 Å². The Morgan fingerprint density at radius 3 is 2.40 bits per heavy atom. The molecule has 0 heterocycles. The molecule has 1 aromatic carbocycles. The zero-order valence-electron chi connectivity index (χ0n) is 12.7. The molecular formula is C16H26O4. The molecule has 0 aromatic heterocycles. The largest absolute Gasteiger partial charge is 0.386 e. The van der Waals surface area contributed by atoms with Gasteiger partial charge in [-0.05, 0) is 25.8 Å². The smallest absolute Gasteiger partial charge is 0.105 e. The molecule has 0 saturated heterocycles. The summed E-state index contributed by atoms with van der Waals surface area (Å²) in [7, 11) is 1.65. The molecule has 4 nitrogen and oxygen atoms in total. The number of ether oxygens (including phenoxy) is 3. The van der Waals surface area contributed by atoms with Gasteiger partial charge in [0.25, 0.3) is 0 Å². The van der Waals surface area contributed by atoms with Crippen LogP contribution in [-0.2, 0) is 14.2 Å². The monoisotopic (exact) mass is 282 g/mol. The number of methoxy groups -OCH3 is 1. The molecule has 1 aromatic rings. The summed E-state index contributed by atoms with van der Waals surface area (Å²) in [5.74, 6) is 0. The predicted octanol–water partition coefficient (Wildman–Crippen LogP) is 2.49. The first kappa shape index (κ1) is 17.1. The van der Waals surface area contributed by atoms with Crippen LogP contribution in [0.2, 0.25) is 0 Å². The zero-order valence-corrected chi connectivity index (χ0v) is 12.7. The summed E-state index contributed by atoms with van der Waals surface area (Å²) >= 11 is 0. The fraction of sp³-hybridized carbons (Fsp3) is 0.625. The van der Waals surface area contributed by atoms with Crippen LogP contribution in [0.15, 0.2) is 24.3 Å². The standard InChI is InChI=1S/C16H26O4/c1-13-5-7-15(8-6-13)16(17)14(2)20-10-4-9-19-12-11-18-3/h5-8,14,16-17H,4,9-12H2,1-3H3. The van der Waals surface area contributed by atoms with Crippen LogP contribution in [0, 0.1) is 6.92 Å². The van der Waals surface area contributed by atoms with Crippen molar-refractivity contribution in [3.63, 3.8) is 0 Å². The Balaban J connectivity index is 2.18. The van der Waals surface area contributed by atoms with Gasteiger partial charge in [-0.2, -0.15) is 0 Å². The minimum absolute atomic E-state index is 0.225. The molecular weight excluding hydrogens is 256 g/mol. The minimum Gasteiger partial charge on any atom is -0.386 e. The fourth-order valence-corrected chi connectivity index (χ4v) is 1.80. The molecule has 0 aliphatic rings. The lowest BCUT2D eigenvalue weighted by molar-refractivity contribution is -0.0356. The highest BCUT2D eigenvalue weighted by atomic mass is 16.5. The summed E-state index contributed by atoms with van der Waals surface area (Å²) < 4.78 is 15.9. The molecule has 1 N–H and O–H groups in total. The van der Waals surface area contributed by atoms with E-state index >= 15 is 0 Å². The minimum atomic E-state index is -0.593. The molecule has 0 saturated carbocycles. The van der Waals surface area contributed by atoms with E-state index < -0.39 is 6.10 Å². The highest BCUT2D eigenvalue weighted by molar-refractivity contribution is 5.23. The average Bonchev–Trinajstić information content (AvgIpc) is 2.46. The third kappa shape index (κ3) is 6.48. The molecule has 0 aliphatic carbocycles. The molecule has 0 radical (unpaired) electrons. The van der Waals surface area contributed by atoms with Crippen molar-refractivity contribution in [3.05, 3.63) is 35.4 Å². The van der Waals surface area contributed by atoms with Crippen LogP contribution in [0.4, 0.5) is 0 Å². The van der Waals surface area contributed by atoms with Crippen LogP contribution in [0.5, 0.6) is 0 Å². The van der Waals surface area contributed by atoms with Crippen molar-refractivity contribution in [1.82, 2.24) is 0 Å². The Morgan fingerprint density at radius 2 is 1.75 bits per heavy atom. The van der Waals surface area contributed by atoms with E-state index in [1.54, 1.807) is 7.11 Å². The summed E-state index contributed by atoms with van der Waals surface area (Å²) in [4.78, 5) is 0. The van der Waals surface area contributed by atoms with Gasteiger partial charge in [0, 0.05) is 20.3 Å². The van der Waals surface area contributed by atoms with Crippen molar-refractivity contribution < 1.29 is 19.3 Å². The second kappa shape index (κ2) is 9.88. The third-order valence-corrected chi connectivity index (χ3v) is 3.11. The third-order valence-electron chi connectivity index (χ3n) is 3.11. The molecule has 0 fully saturated rings.